The van der Waals surface area contributed by atoms with Crippen molar-refractivity contribution in [2.45, 2.75) is 5.07 Å². The summed E-state index contributed by atoms with van der Waals surface area (Å²) in [5.74, 6) is 1.21. The number of methoxy groups -OCH3 is 3. The van der Waals surface area contributed by atoms with Crippen LogP contribution in [0.25, 0.3) is 6.08 Å². The maximum absolute atomic E-state index is 12.1. The molecule has 0 atom stereocenters. The van der Waals surface area contributed by atoms with E-state index in [2.05, 4.69) is 0 Å². The van der Waals surface area contributed by atoms with Crippen molar-refractivity contribution < 1.29 is 27.4 Å². The predicted octanol–water partition coefficient (Wildman–Crippen LogP) is 2.91. The molecule has 0 N–H and O–H groups in total. The Kier molecular flexibility index (Phi) is 5.57. The summed E-state index contributed by atoms with van der Waals surface area (Å²) in [5.41, 5.74) is 0.556. The van der Waals surface area contributed by atoms with Gasteiger partial charge in [0.1, 0.15) is 0 Å². The van der Waals surface area contributed by atoms with Crippen LogP contribution < -0.4 is 14.2 Å². The first kappa shape index (κ1) is 15.7. The van der Waals surface area contributed by atoms with Crippen molar-refractivity contribution in [3.05, 3.63) is 22.7 Å². The standard InChI is InChI=1S/C12H13F3O3Se/c1-16-9-6-8(4-5-19-12(13,14)15)7-10(17-2)11(9)18-3/h4-7H,1-3H3/b5-4+. The Morgan fingerprint density at radius 3 is 1.89 bits per heavy atom. The van der Waals surface area contributed by atoms with Gasteiger partial charge in [0.2, 0.25) is 0 Å². The van der Waals surface area contributed by atoms with Crippen LogP contribution in [-0.2, 0) is 0 Å². The zero-order valence-corrected chi connectivity index (χ0v) is 12.3. The normalized spacial score (nSPS) is 11.7. The number of alkyl halides is 3. The van der Waals surface area contributed by atoms with Gasteiger partial charge < -0.3 is 0 Å². The molecule has 0 fully saturated rings. The number of hydrogen-bond acceptors (Lipinski definition) is 3. The first-order valence-corrected chi connectivity index (χ1v) is 6.97. The zero-order valence-electron chi connectivity index (χ0n) is 10.6. The van der Waals surface area contributed by atoms with Crippen molar-refractivity contribution in [3.8, 4) is 17.2 Å². The molecule has 7 heteroatoms. The molecule has 1 rings (SSSR count). The monoisotopic (exact) mass is 342 g/mol. The SMILES string of the molecule is COc1cc(/C=C/[Se]C(F)(F)F)cc(OC)c1OC. The Hall–Kier alpha value is -1.33. The molecule has 0 aliphatic carbocycles. The number of hydrogen-bond donors (Lipinski definition) is 0. The zero-order chi connectivity index (χ0) is 14.5. The van der Waals surface area contributed by atoms with Gasteiger partial charge in [0.15, 0.2) is 0 Å². The third-order valence-electron chi connectivity index (χ3n) is 2.15. The summed E-state index contributed by atoms with van der Waals surface area (Å²) in [6.07, 6.45) is 1.39. The molecule has 0 saturated heterocycles. The number of halogens is 3. The fourth-order valence-corrected chi connectivity index (χ4v) is 2.18. The Balaban J connectivity index is 3.03. The number of rotatable bonds is 5. The molecule has 0 aliphatic rings. The predicted molar refractivity (Wildman–Crippen MR) is 66.9 cm³/mol. The van der Waals surface area contributed by atoms with E-state index in [-0.39, 0.29) is 0 Å². The number of ether oxygens (including phenoxy) is 3. The molecule has 3 nitrogen and oxygen atoms in total. The van der Waals surface area contributed by atoms with E-state index in [0.29, 0.717) is 22.8 Å². The average Bonchev–Trinajstić information content (AvgIpc) is 2.35. The van der Waals surface area contributed by atoms with Crippen LogP contribution in [0.4, 0.5) is 13.2 Å². The third kappa shape index (κ3) is 4.69. The molecule has 0 saturated carbocycles. The summed E-state index contributed by atoms with van der Waals surface area (Å²) in [5, 5.41) is -4.15. The second-order valence-electron chi connectivity index (χ2n) is 3.33. The fraction of sp³-hybridized carbons (Fsp3) is 0.333. The van der Waals surface area contributed by atoms with Crippen LogP contribution in [0.2, 0.25) is 0 Å². The van der Waals surface area contributed by atoms with Crippen molar-refractivity contribution in [1.29, 1.82) is 0 Å². The molecule has 0 aromatic heterocycles. The Bertz CT molecular complexity index is 433. The van der Waals surface area contributed by atoms with E-state index in [1.54, 1.807) is 12.1 Å². The van der Waals surface area contributed by atoms with Gasteiger partial charge >= 0.3 is 115 Å². The molecule has 1 aromatic carbocycles. The minimum absolute atomic E-state index is 0.404. The minimum atomic E-state index is -4.15. The van der Waals surface area contributed by atoms with E-state index in [9.17, 15) is 13.2 Å². The van der Waals surface area contributed by atoms with Crippen molar-refractivity contribution in [3.63, 3.8) is 0 Å². The summed E-state index contributed by atoms with van der Waals surface area (Å²) in [4.78, 5) is 1.10. The summed E-state index contributed by atoms with van der Waals surface area (Å²) >= 11 is -1.55. The van der Waals surface area contributed by atoms with E-state index in [4.69, 9.17) is 14.2 Å². The molecule has 0 radical (unpaired) electrons. The van der Waals surface area contributed by atoms with Gasteiger partial charge in [-0.05, 0) is 0 Å². The van der Waals surface area contributed by atoms with E-state index >= 15 is 0 Å². The van der Waals surface area contributed by atoms with Gasteiger partial charge in [0.05, 0.1) is 0 Å². The van der Waals surface area contributed by atoms with E-state index < -0.39 is 20.0 Å². The third-order valence-corrected chi connectivity index (χ3v) is 3.28. The second kappa shape index (κ2) is 6.73. The van der Waals surface area contributed by atoms with Crippen LogP contribution in [-0.4, -0.2) is 41.4 Å². The van der Waals surface area contributed by atoms with Crippen LogP contribution in [0.3, 0.4) is 0 Å². The maximum atomic E-state index is 12.1. The molecule has 1 aromatic rings. The summed E-state index contributed by atoms with van der Waals surface area (Å²) < 4.78 is 51.6. The van der Waals surface area contributed by atoms with Crippen LogP contribution in [0, 0.1) is 0 Å². The van der Waals surface area contributed by atoms with E-state index in [1.165, 1.54) is 27.4 Å². The summed E-state index contributed by atoms with van der Waals surface area (Å²) in [6, 6.07) is 3.18. The summed E-state index contributed by atoms with van der Waals surface area (Å²) in [6.45, 7) is 0. The topological polar surface area (TPSA) is 27.7 Å². The van der Waals surface area contributed by atoms with Gasteiger partial charge in [0, 0.05) is 0 Å². The van der Waals surface area contributed by atoms with Gasteiger partial charge in [-0.3, -0.25) is 0 Å². The molecule has 0 heterocycles. The van der Waals surface area contributed by atoms with Crippen molar-refractivity contribution in [1.82, 2.24) is 0 Å². The Labute approximate surface area is 115 Å². The van der Waals surface area contributed by atoms with Crippen molar-refractivity contribution >= 4 is 21.0 Å². The second-order valence-corrected chi connectivity index (χ2v) is 5.36. The van der Waals surface area contributed by atoms with Crippen molar-refractivity contribution in [2.75, 3.05) is 21.3 Å². The van der Waals surface area contributed by atoms with Gasteiger partial charge in [-0.1, -0.05) is 0 Å². The van der Waals surface area contributed by atoms with Crippen molar-refractivity contribution in [2.24, 2.45) is 0 Å². The van der Waals surface area contributed by atoms with E-state index in [0.717, 1.165) is 4.97 Å². The van der Waals surface area contributed by atoms with Crippen LogP contribution >= 0.6 is 0 Å². The first-order chi connectivity index (χ1) is 8.91. The molecular formula is C12H13F3O3Se. The number of benzene rings is 1. The molecule has 0 bridgehead atoms. The molecule has 106 valence electrons. The molecule has 0 spiro atoms. The van der Waals surface area contributed by atoms with Crippen LogP contribution in [0.5, 0.6) is 17.2 Å². The van der Waals surface area contributed by atoms with Gasteiger partial charge in [0.25, 0.3) is 0 Å². The molecule has 0 amide bonds. The van der Waals surface area contributed by atoms with E-state index in [1.807, 2.05) is 0 Å². The first-order valence-electron chi connectivity index (χ1n) is 5.12. The van der Waals surface area contributed by atoms with Gasteiger partial charge in [-0.15, -0.1) is 0 Å². The summed E-state index contributed by atoms with van der Waals surface area (Å²) in [7, 11) is 4.36. The molecule has 0 unspecified atom stereocenters. The average molecular weight is 341 g/mol. The Morgan fingerprint density at radius 1 is 1.00 bits per heavy atom. The van der Waals surface area contributed by atoms with Crippen LogP contribution in [0.15, 0.2) is 17.1 Å². The Morgan fingerprint density at radius 2 is 1.53 bits per heavy atom. The van der Waals surface area contributed by atoms with Gasteiger partial charge in [-0.25, -0.2) is 0 Å². The van der Waals surface area contributed by atoms with Crippen LogP contribution in [0.1, 0.15) is 5.56 Å². The van der Waals surface area contributed by atoms with Gasteiger partial charge in [-0.2, -0.15) is 0 Å². The molecular weight excluding hydrogens is 328 g/mol. The molecule has 0 aliphatic heterocycles. The molecule has 19 heavy (non-hydrogen) atoms. The quantitative estimate of drug-likeness (QED) is 0.771. The fourth-order valence-electron chi connectivity index (χ4n) is 1.39.